The summed E-state index contributed by atoms with van der Waals surface area (Å²) >= 11 is 0. The van der Waals surface area contributed by atoms with Crippen LogP contribution in [0, 0.1) is 5.92 Å². The first kappa shape index (κ1) is 14.8. The van der Waals surface area contributed by atoms with Gasteiger partial charge in [0.05, 0.1) is 6.10 Å². The van der Waals surface area contributed by atoms with Gasteiger partial charge in [-0.15, -0.1) is 0 Å². The molecule has 0 aliphatic rings. The van der Waals surface area contributed by atoms with E-state index in [4.69, 9.17) is 5.73 Å². The van der Waals surface area contributed by atoms with Gasteiger partial charge in [0.1, 0.15) is 0 Å². The molecule has 2 nitrogen and oxygen atoms in total. The number of aliphatic hydroxyl groups is 1. The lowest BCUT2D eigenvalue weighted by Crippen LogP contribution is -2.32. The van der Waals surface area contributed by atoms with Crippen LogP contribution in [0.25, 0.3) is 0 Å². The molecule has 0 saturated carbocycles. The Morgan fingerprint density at radius 3 is 1.75 bits per heavy atom. The van der Waals surface area contributed by atoms with Gasteiger partial charge in [-0.2, -0.15) is 0 Å². The Labute approximate surface area is 121 Å². The Morgan fingerprint density at radius 2 is 1.25 bits per heavy atom. The summed E-state index contributed by atoms with van der Waals surface area (Å²) in [6.07, 6.45) is -0.465. The fourth-order valence-corrected chi connectivity index (χ4v) is 2.60. The number of benzene rings is 2. The van der Waals surface area contributed by atoms with Crippen LogP contribution in [0.15, 0.2) is 60.7 Å². The molecule has 0 radical (unpaired) electrons. The van der Waals surface area contributed by atoms with Crippen molar-refractivity contribution in [1.82, 2.24) is 0 Å². The van der Waals surface area contributed by atoms with E-state index >= 15 is 0 Å². The average Bonchev–Trinajstić information content (AvgIpc) is 2.53. The highest BCUT2D eigenvalue weighted by molar-refractivity contribution is 5.22. The van der Waals surface area contributed by atoms with Gasteiger partial charge in [0.25, 0.3) is 0 Å². The molecule has 4 atom stereocenters. The van der Waals surface area contributed by atoms with E-state index in [2.05, 4.69) is 12.1 Å². The monoisotopic (exact) mass is 269 g/mol. The standard InChI is InChI=1S/C18H23NO/c1-13(15-9-5-3-6-10-15)18(20)14(2)17(19)16-11-7-4-8-12-16/h3-14,17-18,20H,19H2,1-2H3/t13?,14-,17+,18-/m1/s1. The van der Waals surface area contributed by atoms with E-state index in [0.29, 0.717) is 0 Å². The second kappa shape index (κ2) is 6.69. The predicted molar refractivity (Wildman–Crippen MR) is 83.4 cm³/mol. The first-order valence-electron chi connectivity index (χ1n) is 7.14. The van der Waals surface area contributed by atoms with E-state index in [9.17, 15) is 5.11 Å². The molecule has 2 aromatic carbocycles. The minimum atomic E-state index is -0.465. The zero-order chi connectivity index (χ0) is 14.5. The second-order valence-electron chi connectivity index (χ2n) is 5.49. The molecule has 0 aliphatic heterocycles. The molecular formula is C18H23NO. The van der Waals surface area contributed by atoms with Crippen LogP contribution < -0.4 is 5.73 Å². The molecule has 0 bridgehead atoms. The normalized spacial score (nSPS) is 17.2. The van der Waals surface area contributed by atoms with Crippen LogP contribution in [0.1, 0.15) is 36.9 Å². The largest absolute Gasteiger partial charge is 0.392 e. The van der Waals surface area contributed by atoms with Crippen molar-refractivity contribution in [2.24, 2.45) is 11.7 Å². The maximum absolute atomic E-state index is 10.6. The molecular weight excluding hydrogens is 246 g/mol. The van der Waals surface area contributed by atoms with E-state index in [1.54, 1.807) is 0 Å². The lowest BCUT2D eigenvalue weighted by Gasteiger charge is -2.29. The summed E-state index contributed by atoms with van der Waals surface area (Å²) in [6.45, 7) is 4.07. The minimum Gasteiger partial charge on any atom is -0.392 e. The van der Waals surface area contributed by atoms with Gasteiger partial charge in [-0.3, -0.25) is 0 Å². The Bertz CT molecular complexity index is 462. The van der Waals surface area contributed by atoms with Gasteiger partial charge in [0.15, 0.2) is 0 Å². The third kappa shape index (κ3) is 3.27. The molecule has 2 aromatic rings. The van der Waals surface area contributed by atoms with Gasteiger partial charge in [0.2, 0.25) is 0 Å². The maximum Gasteiger partial charge on any atom is 0.0649 e. The summed E-state index contributed by atoms with van der Waals surface area (Å²) in [5, 5.41) is 10.6. The quantitative estimate of drug-likeness (QED) is 0.873. The van der Waals surface area contributed by atoms with Crippen molar-refractivity contribution in [1.29, 1.82) is 0 Å². The van der Waals surface area contributed by atoms with Crippen molar-refractivity contribution < 1.29 is 5.11 Å². The molecule has 0 amide bonds. The van der Waals surface area contributed by atoms with Gasteiger partial charge in [-0.05, 0) is 11.1 Å². The number of hydrogen-bond donors (Lipinski definition) is 2. The van der Waals surface area contributed by atoms with E-state index < -0.39 is 6.10 Å². The summed E-state index contributed by atoms with van der Waals surface area (Å²) in [7, 11) is 0. The Balaban J connectivity index is 2.10. The molecule has 0 saturated heterocycles. The third-order valence-corrected chi connectivity index (χ3v) is 4.13. The van der Waals surface area contributed by atoms with Gasteiger partial charge in [-0.1, -0.05) is 74.5 Å². The molecule has 106 valence electrons. The number of nitrogens with two attached hydrogens (primary N) is 1. The van der Waals surface area contributed by atoms with Crippen LogP contribution in [0.4, 0.5) is 0 Å². The van der Waals surface area contributed by atoms with Gasteiger partial charge in [-0.25, -0.2) is 0 Å². The van der Waals surface area contributed by atoms with E-state index in [-0.39, 0.29) is 17.9 Å². The van der Waals surface area contributed by atoms with Crippen molar-refractivity contribution in [3.05, 3.63) is 71.8 Å². The lowest BCUT2D eigenvalue weighted by atomic mass is 9.82. The van der Waals surface area contributed by atoms with E-state index in [0.717, 1.165) is 11.1 Å². The molecule has 0 aromatic heterocycles. The first-order chi connectivity index (χ1) is 9.61. The van der Waals surface area contributed by atoms with Crippen LogP contribution >= 0.6 is 0 Å². The maximum atomic E-state index is 10.6. The fourth-order valence-electron chi connectivity index (χ4n) is 2.60. The van der Waals surface area contributed by atoms with E-state index in [1.165, 1.54) is 0 Å². The number of rotatable bonds is 5. The summed E-state index contributed by atoms with van der Waals surface area (Å²) in [5.74, 6) is 0.0635. The lowest BCUT2D eigenvalue weighted by molar-refractivity contribution is 0.0806. The predicted octanol–water partition coefficient (Wildman–Crippen LogP) is 3.49. The fraction of sp³-hybridized carbons (Fsp3) is 0.333. The topological polar surface area (TPSA) is 46.2 Å². The number of aliphatic hydroxyl groups excluding tert-OH is 1. The van der Waals surface area contributed by atoms with Crippen molar-refractivity contribution in [3.8, 4) is 0 Å². The molecule has 0 aliphatic carbocycles. The Kier molecular flexibility index (Phi) is 4.94. The molecule has 3 N–H and O–H groups in total. The van der Waals surface area contributed by atoms with Crippen molar-refractivity contribution in [2.75, 3.05) is 0 Å². The highest BCUT2D eigenvalue weighted by Gasteiger charge is 2.27. The van der Waals surface area contributed by atoms with Crippen LogP contribution in [-0.4, -0.2) is 11.2 Å². The van der Waals surface area contributed by atoms with Crippen LogP contribution in [0.2, 0.25) is 0 Å². The molecule has 20 heavy (non-hydrogen) atoms. The highest BCUT2D eigenvalue weighted by Crippen LogP contribution is 2.30. The second-order valence-corrected chi connectivity index (χ2v) is 5.49. The summed E-state index contributed by atoms with van der Waals surface area (Å²) in [4.78, 5) is 0. The van der Waals surface area contributed by atoms with Crippen LogP contribution in [0.3, 0.4) is 0 Å². The van der Waals surface area contributed by atoms with Crippen LogP contribution in [-0.2, 0) is 0 Å². The van der Waals surface area contributed by atoms with Gasteiger partial charge in [0, 0.05) is 17.9 Å². The van der Waals surface area contributed by atoms with Gasteiger partial charge >= 0.3 is 0 Å². The Morgan fingerprint density at radius 1 is 0.800 bits per heavy atom. The molecule has 0 spiro atoms. The summed E-state index contributed by atoms with van der Waals surface area (Å²) in [5.41, 5.74) is 8.51. The first-order valence-corrected chi connectivity index (χ1v) is 7.14. The van der Waals surface area contributed by atoms with Crippen molar-refractivity contribution in [2.45, 2.75) is 31.9 Å². The summed E-state index contributed by atoms with van der Waals surface area (Å²) in [6, 6.07) is 19.9. The van der Waals surface area contributed by atoms with E-state index in [1.807, 2.05) is 62.4 Å². The SMILES string of the molecule is CC(c1ccccc1)[C@@H](O)[C@H](C)[C@H](N)c1ccccc1. The molecule has 1 unspecified atom stereocenters. The van der Waals surface area contributed by atoms with Crippen molar-refractivity contribution >= 4 is 0 Å². The third-order valence-electron chi connectivity index (χ3n) is 4.13. The average molecular weight is 269 g/mol. The van der Waals surface area contributed by atoms with Crippen LogP contribution in [0.5, 0.6) is 0 Å². The molecule has 2 heteroatoms. The number of hydrogen-bond acceptors (Lipinski definition) is 2. The van der Waals surface area contributed by atoms with Crippen molar-refractivity contribution in [3.63, 3.8) is 0 Å². The minimum absolute atomic E-state index is 0.00685. The zero-order valence-electron chi connectivity index (χ0n) is 12.1. The molecule has 0 heterocycles. The van der Waals surface area contributed by atoms with Gasteiger partial charge < -0.3 is 10.8 Å². The smallest absolute Gasteiger partial charge is 0.0649 e. The highest BCUT2D eigenvalue weighted by atomic mass is 16.3. The molecule has 2 rings (SSSR count). The zero-order valence-corrected chi connectivity index (χ0v) is 12.1. The summed E-state index contributed by atoms with van der Waals surface area (Å²) < 4.78 is 0. The Hall–Kier alpha value is -1.64. The molecule has 0 fully saturated rings.